The van der Waals surface area contributed by atoms with Crippen LogP contribution in [0.25, 0.3) is 10.9 Å². The van der Waals surface area contributed by atoms with Gasteiger partial charge in [-0.05, 0) is 42.5 Å². The van der Waals surface area contributed by atoms with Crippen LogP contribution in [0.2, 0.25) is 0 Å². The van der Waals surface area contributed by atoms with E-state index >= 15 is 0 Å². The van der Waals surface area contributed by atoms with E-state index in [-0.39, 0.29) is 5.91 Å². The number of fused-ring (bicyclic) bond motifs is 1. The number of benzene rings is 2. The predicted molar refractivity (Wildman–Crippen MR) is 89.3 cm³/mol. The molecule has 3 amide bonds. The van der Waals surface area contributed by atoms with E-state index in [1.165, 1.54) is 0 Å². The molecule has 4 N–H and O–H groups in total. The number of hydrogen-bond donors (Lipinski definition) is 3. The van der Waals surface area contributed by atoms with Crippen molar-refractivity contribution in [3.63, 3.8) is 0 Å². The number of hydrogen-bond acceptors (Lipinski definition) is 3. The smallest absolute Gasteiger partial charge is 0.316 e. The Morgan fingerprint density at radius 1 is 0.913 bits per heavy atom. The standard InChI is InChI=1S/C17H14N4O2/c18-17(23)21-13-5-1-3-12(10-13)16(22)20-14-6-7-15-11(9-14)4-2-8-19-15/h1-10H,(H,20,22)(H3,18,21,23). The minimum Gasteiger partial charge on any atom is -0.351 e. The van der Waals surface area contributed by atoms with E-state index < -0.39 is 6.03 Å². The number of nitrogens with one attached hydrogen (secondary N) is 2. The quantitative estimate of drug-likeness (QED) is 0.694. The van der Waals surface area contributed by atoms with E-state index in [9.17, 15) is 9.59 Å². The van der Waals surface area contributed by atoms with Crippen molar-refractivity contribution in [2.45, 2.75) is 0 Å². The summed E-state index contributed by atoms with van der Waals surface area (Å²) in [5, 5.41) is 6.20. The molecular weight excluding hydrogens is 292 g/mol. The summed E-state index contributed by atoms with van der Waals surface area (Å²) in [5.74, 6) is -0.277. The molecule has 3 rings (SSSR count). The van der Waals surface area contributed by atoms with Crippen molar-refractivity contribution < 1.29 is 9.59 Å². The van der Waals surface area contributed by atoms with Crippen LogP contribution in [0.4, 0.5) is 16.2 Å². The third-order valence-electron chi connectivity index (χ3n) is 3.25. The zero-order valence-electron chi connectivity index (χ0n) is 12.1. The summed E-state index contributed by atoms with van der Waals surface area (Å²) in [6.07, 6.45) is 1.72. The van der Waals surface area contributed by atoms with Gasteiger partial charge >= 0.3 is 6.03 Å². The van der Waals surface area contributed by atoms with Gasteiger partial charge in [0, 0.05) is 28.5 Å². The number of pyridine rings is 1. The molecule has 0 fully saturated rings. The molecule has 0 radical (unpaired) electrons. The molecule has 0 bridgehead atoms. The molecule has 3 aromatic rings. The lowest BCUT2D eigenvalue weighted by molar-refractivity contribution is 0.102. The minimum atomic E-state index is -0.676. The molecule has 0 saturated carbocycles. The van der Waals surface area contributed by atoms with E-state index in [0.717, 1.165) is 10.9 Å². The van der Waals surface area contributed by atoms with Crippen LogP contribution in [0.15, 0.2) is 60.8 Å². The summed E-state index contributed by atoms with van der Waals surface area (Å²) in [5.41, 5.74) is 7.48. The third kappa shape index (κ3) is 3.44. The first-order valence-electron chi connectivity index (χ1n) is 6.94. The Bertz CT molecular complexity index is 892. The Balaban J connectivity index is 1.81. The fourth-order valence-corrected chi connectivity index (χ4v) is 2.24. The summed E-state index contributed by atoms with van der Waals surface area (Å²) < 4.78 is 0. The van der Waals surface area contributed by atoms with Gasteiger partial charge in [-0.15, -0.1) is 0 Å². The van der Waals surface area contributed by atoms with Crippen LogP contribution in [-0.2, 0) is 0 Å². The van der Waals surface area contributed by atoms with Crippen molar-refractivity contribution in [3.05, 3.63) is 66.4 Å². The van der Waals surface area contributed by atoms with Gasteiger partial charge in [0.2, 0.25) is 0 Å². The molecule has 23 heavy (non-hydrogen) atoms. The summed E-state index contributed by atoms with van der Waals surface area (Å²) in [7, 11) is 0. The third-order valence-corrected chi connectivity index (χ3v) is 3.25. The molecule has 0 unspecified atom stereocenters. The van der Waals surface area contributed by atoms with Gasteiger partial charge < -0.3 is 16.4 Å². The summed E-state index contributed by atoms with van der Waals surface area (Å²) in [4.78, 5) is 27.4. The highest BCUT2D eigenvalue weighted by Crippen LogP contribution is 2.18. The van der Waals surface area contributed by atoms with Gasteiger partial charge in [-0.3, -0.25) is 9.78 Å². The van der Waals surface area contributed by atoms with E-state index in [4.69, 9.17) is 5.73 Å². The second kappa shape index (κ2) is 6.15. The highest BCUT2D eigenvalue weighted by molar-refractivity contribution is 6.06. The van der Waals surface area contributed by atoms with E-state index in [1.54, 1.807) is 36.5 Å². The van der Waals surface area contributed by atoms with E-state index in [1.807, 2.05) is 24.3 Å². The van der Waals surface area contributed by atoms with Crippen molar-refractivity contribution in [3.8, 4) is 0 Å². The molecular formula is C17H14N4O2. The van der Waals surface area contributed by atoms with Crippen LogP contribution in [-0.4, -0.2) is 16.9 Å². The number of primary amides is 1. The highest BCUT2D eigenvalue weighted by Gasteiger charge is 2.08. The molecule has 6 heteroatoms. The molecule has 0 aliphatic rings. The lowest BCUT2D eigenvalue weighted by Gasteiger charge is -2.08. The Morgan fingerprint density at radius 3 is 2.57 bits per heavy atom. The molecule has 0 saturated heterocycles. The number of aromatic nitrogens is 1. The monoisotopic (exact) mass is 306 g/mol. The fourth-order valence-electron chi connectivity index (χ4n) is 2.24. The van der Waals surface area contributed by atoms with Crippen molar-refractivity contribution in [1.82, 2.24) is 4.98 Å². The largest absolute Gasteiger partial charge is 0.351 e. The molecule has 0 atom stereocenters. The molecule has 114 valence electrons. The van der Waals surface area contributed by atoms with Crippen LogP contribution in [0.5, 0.6) is 0 Å². The zero-order valence-corrected chi connectivity index (χ0v) is 12.1. The maximum absolute atomic E-state index is 12.3. The normalized spacial score (nSPS) is 10.3. The summed E-state index contributed by atoms with van der Waals surface area (Å²) in [6.45, 7) is 0. The van der Waals surface area contributed by atoms with Gasteiger partial charge in [0.1, 0.15) is 0 Å². The number of urea groups is 1. The maximum Gasteiger partial charge on any atom is 0.316 e. The Labute approximate surface area is 132 Å². The Kier molecular flexibility index (Phi) is 3.88. The van der Waals surface area contributed by atoms with Crippen molar-refractivity contribution >= 4 is 34.2 Å². The molecule has 0 spiro atoms. The molecule has 1 heterocycles. The fraction of sp³-hybridized carbons (Fsp3) is 0. The highest BCUT2D eigenvalue weighted by atomic mass is 16.2. The molecule has 0 aliphatic carbocycles. The van der Waals surface area contributed by atoms with Crippen molar-refractivity contribution in [1.29, 1.82) is 0 Å². The van der Waals surface area contributed by atoms with Gasteiger partial charge in [-0.2, -0.15) is 0 Å². The average molecular weight is 306 g/mol. The van der Waals surface area contributed by atoms with Gasteiger partial charge in [-0.25, -0.2) is 4.79 Å². The zero-order chi connectivity index (χ0) is 16.2. The van der Waals surface area contributed by atoms with Crippen molar-refractivity contribution in [2.24, 2.45) is 5.73 Å². The second-order valence-electron chi connectivity index (χ2n) is 4.94. The number of amides is 3. The van der Waals surface area contributed by atoms with Crippen LogP contribution in [0.3, 0.4) is 0 Å². The molecule has 0 aliphatic heterocycles. The summed E-state index contributed by atoms with van der Waals surface area (Å²) in [6, 6.07) is 15.1. The van der Waals surface area contributed by atoms with Crippen LogP contribution >= 0.6 is 0 Å². The first-order valence-corrected chi connectivity index (χ1v) is 6.94. The SMILES string of the molecule is NC(=O)Nc1cccc(C(=O)Nc2ccc3ncccc3c2)c1. The Hall–Kier alpha value is -3.41. The Morgan fingerprint density at radius 2 is 1.74 bits per heavy atom. The maximum atomic E-state index is 12.3. The number of nitrogens with zero attached hydrogens (tertiary/aromatic N) is 1. The molecule has 2 aromatic carbocycles. The first kappa shape index (κ1) is 14.5. The van der Waals surface area contributed by atoms with Gasteiger partial charge in [-0.1, -0.05) is 12.1 Å². The minimum absolute atomic E-state index is 0.277. The lowest BCUT2D eigenvalue weighted by Crippen LogP contribution is -2.19. The predicted octanol–water partition coefficient (Wildman–Crippen LogP) is 2.98. The van der Waals surface area contributed by atoms with Crippen LogP contribution in [0, 0.1) is 0 Å². The summed E-state index contributed by atoms with van der Waals surface area (Å²) >= 11 is 0. The first-order chi connectivity index (χ1) is 11.1. The number of anilines is 2. The van der Waals surface area contributed by atoms with Crippen molar-refractivity contribution in [2.75, 3.05) is 10.6 Å². The van der Waals surface area contributed by atoms with Crippen LogP contribution in [0.1, 0.15) is 10.4 Å². The van der Waals surface area contributed by atoms with Gasteiger partial charge in [0.15, 0.2) is 0 Å². The number of rotatable bonds is 3. The van der Waals surface area contributed by atoms with E-state index in [0.29, 0.717) is 16.9 Å². The average Bonchev–Trinajstić information content (AvgIpc) is 2.54. The second-order valence-corrected chi connectivity index (χ2v) is 4.94. The van der Waals surface area contributed by atoms with E-state index in [2.05, 4.69) is 15.6 Å². The number of nitrogens with two attached hydrogens (primary N) is 1. The number of carbonyl (C=O) groups excluding carboxylic acids is 2. The van der Waals surface area contributed by atoms with Crippen LogP contribution < -0.4 is 16.4 Å². The molecule has 1 aromatic heterocycles. The number of carbonyl (C=O) groups is 2. The van der Waals surface area contributed by atoms with Gasteiger partial charge in [0.05, 0.1) is 5.52 Å². The van der Waals surface area contributed by atoms with Gasteiger partial charge in [0.25, 0.3) is 5.91 Å². The molecule has 6 nitrogen and oxygen atoms in total. The lowest BCUT2D eigenvalue weighted by atomic mass is 10.1. The topological polar surface area (TPSA) is 97.1 Å².